The molecule has 0 radical (unpaired) electrons. The predicted octanol–water partition coefficient (Wildman–Crippen LogP) is 0.511. The van der Waals surface area contributed by atoms with Crippen LogP contribution in [-0.2, 0) is 0 Å². The fraction of sp³-hybridized carbons (Fsp3) is 0. The molecule has 0 unspecified atom stereocenters. The molecule has 0 saturated heterocycles. The van der Waals surface area contributed by atoms with E-state index in [1.54, 1.807) is 18.5 Å². The number of fused-ring (bicyclic) bond motifs is 1. The molecule has 0 aliphatic rings. The van der Waals surface area contributed by atoms with Gasteiger partial charge in [-0.25, -0.2) is 9.97 Å². The molecule has 2 aromatic rings. The molecular weight excluding hydrogens is 178 g/mol. The van der Waals surface area contributed by atoms with Gasteiger partial charge in [-0.3, -0.25) is 9.20 Å². The molecule has 0 fully saturated rings. The van der Waals surface area contributed by atoms with E-state index in [2.05, 4.69) is 9.97 Å². The van der Waals surface area contributed by atoms with Gasteiger partial charge in [0.25, 0.3) is 5.56 Å². The first kappa shape index (κ1) is 8.67. The molecule has 0 atom stereocenters. The third kappa shape index (κ3) is 1.29. The van der Waals surface area contributed by atoms with Crippen molar-refractivity contribution in [2.75, 3.05) is 0 Å². The van der Waals surface area contributed by atoms with Gasteiger partial charge in [0.15, 0.2) is 0 Å². The molecule has 0 spiro atoms. The second-order valence-corrected chi connectivity index (χ2v) is 2.07. The lowest BCUT2D eigenvalue weighted by atomic mass is 10.6. The van der Waals surface area contributed by atoms with E-state index in [0.717, 1.165) is 0 Å². The third-order valence-corrected chi connectivity index (χ3v) is 1.37. The van der Waals surface area contributed by atoms with E-state index in [4.69, 9.17) is 0 Å². The van der Waals surface area contributed by atoms with Crippen LogP contribution in [0.2, 0.25) is 0 Å². The van der Waals surface area contributed by atoms with Crippen molar-refractivity contribution in [2.45, 2.75) is 0 Å². The molecule has 0 saturated carbocycles. The van der Waals surface area contributed by atoms with Crippen molar-refractivity contribution in [3.8, 4) is 0 Å². The summed E-state index contributed by atoms with van der Waals surface area (Å²) in [6.45, 7) is 0. The Morgan fingerprint density at radius 3 is 2.75 bits per heavy atom. The molecule has 2 rings (SSSR count). The molecule has 0 bridgehead atoms. The van der Waals surface area contributed by atoms with Gasteiger partial charge < -0.3 is 0 Å². The van der Waals surface area contributed by atoms with Crippen LogP contribution < -0.4 is 5.56 Å². The minimum absolute atomic E-state index is 0. The van der Waals surface area contributed by atoms with Crippen LogP contribution in [-0.4, -0.2) is 14.4 Å². The van der Waals surface area contributed by atoms with Gasteiger partial charge >= 0.3 is 0 Å². The number of rotatable bonds is 0. The standard InChI is InChI=1S/C7H5N3O.ClH/c11-6-2-4-9-7-8-3-1-5-10(6)7;/h1-5H;1H. The van der Waals surface area contributed by atoms with Gasteiger partial charge in [0.05, 0.1) is 0 Å². The predicted molar refractivity (Wildman–Crippen MR) is 46.5 cm³/mol. The quantitative estimate of drug-likeness (QED) is 0.598. The maximum atomic E-state index is 11.1. The highest BCUT2D eigenvalue weighted by atomic mass is 35.5. The Morgan fingerprint density at radius 1 is 1.25 bits per heavy atom. The first-order chi connectivity index (χ1) is 5.38. The van der Waals surface area contributed by atoms with Gasteiger partial charge in [0, 0.05) is 24.7 Å². The smallest absolute Gasteiger partial charge is 0.258 e. The Morgan fingerprint density at radius 2 is 2.00 bits per heavy atom. The van der Waals surface area contributed by atoms with Gasteiger partial charge in [-0.1, -0.05) is 0 Å². The molecule has 0 amide bonds. The molecular formula is C7H6ClN3O. The summed E-state index contributed by atoms with van der Waals surface area (Å²) in [6.07, 6.45) is 4.68. The van der Waals surface area contributed by atoms with Crippen LogP contribution in [0.1, 0.15) is 0 Å². The molecule has 4 nitrogen and oxygen atoms in total. The van der Waals surface area contributed by atoms with E-state index >= 15 is 0 Å². The Bertz CT molecular complexity index is 434. The zero-order chi connectivity index (χ0) is 7.68. The SMILES string of the molecule is Cl.O=c1ccnc2ncccn12. The van der Waals surface area contributed by atoms with Crippen LogP contribution in [0.15, 0.2) is 35.5 Å². The number of nitrogens with zero attached hydrogens (tertiary/aromatic N) is 3. The molecule has 62 valence electrons. The Hall–Kier alpha value is -1.42. The molecule has 0 aliphatic heterocycles. The molecule has 12 heavy (non-hydrogen) atoms. The summed E-state index contributed by atoms with van der Waals surface area (Å²) in [5, 5.41) is 0. The maximum Gasteiger partial charge on any atom is 0.258 e. The number of aromatic nitrogens is 3. The first-order valence-electron chi connectivity index (χ1n) is 3.16. The maximum absolute atomic E-state index is 11.1. The fourth-order valence-corrected chi connectivity index (χ4v) is 0.879. The summed E-state index contributed by atoms with van der Waals surface area (Å²) >= 11 is 0. The lowest BCUT2D eigenvalue weighted by Crippen LogP contribution is -2.12. The molecule has 0 aromatic carbocycles. The minimum atomic E-state index is -0.108. The molecule has 0 aliphatic carbocycles. The summed E-state index contributed by atoms with van der Waals surface area (Å²) < 4.78 is 1.39. The number of halogens is 1. The fourth-order valence-electron chi connectivity index (χ4n) is 0.879. The van der Waals surface area contributed by atoms with Gasteiger partial charge in [-0.15, -0.1) is 12.4 Å². The summed E-state index contributed by atoms with van der Waals surface area (Å²) in [5.41, 5.74) is -0.108. The van der Waals surface area contributed by atoms with Crippen LogP contribution in [0.5, 0.6) is 0 Å². The van der Waals surface area contributed by atoms with Crippen LogP contribution in [0.25, 0.3) is 5.78 Å². The first-order valence-corrected chi connectivity index (χ1v) is 3.16. The minimum Gasteiger partial charge on any atom is -0.269 e. The largest absolute Gasteiger partial charge is 0.269 e. The van der Waals surface area contributed by atoms with Gasteiger partial charge in [0.1, 0.15) is 0 Å². The monoisotopic (exact) mass is 183 g/mol. The highest BCUT2D eigenvalue weighted by Crippen LogP contribution is 1.86. The van der Waals surface area contributed by atoms with E-state index in [1.807, 2.05) is 0 Å². The average molecular weight is 184 g/mol. The van der Waals surface area contributed by atoms with E-state index in [9.17, 15) is 4.79 Å². The topological polar surface area (TPSA) is 47.3 Å². The van der Waals surface area contributed by atoms with E-state index in [0.29, 0.717) is 5.78 Å². The van der Waals surface area contributed by atoms with Crippen molar-refractivity contribution >= 4 is 18.2 Å². The van der Waals surface area contributed by atoms with Crippen molar-refractivity contribution in [2.24, 2.45) is 0 Å². The summed E-state index contributed by atoms with van der Waals surface area (Å²) in [4.78, 5) is 18.8. The van der Waals surface area contributed by atoms with E-state index < -0.39 is 0 Å². The lowest BCUT2D eigenvalue weighted by molar-refractivity contribution is 0.996. The van der Waals surface area contributed by atoms with Gasteiger partial charge in [-0.2, -0.15) is 0 Å². The number of hydrogen-bond donors (Lipinski definition) is 0. The molecule has 5 heteroatoms. The van der Waals surface area contributed by atoms with Gasteiger partial charge in [0.2, 0.25) is 5.78 Å². The van der Waals surface area contributed by atoms with E-state index in [1.165, 1.54) is 16.7 Å². The Kier molecular flexibility index (Phi) is 2.40. The third-order valence-electron chi connectivity index (χ3n) is 1.37. The van der Waals surface area contributed by atoms with Crippen LogP contribution in [0.3, 0.4) is 0 Å². The van der Waals surface area contributed by atoms with Crippen molar-refractivity contribution in [1.29, 1.82) is 0 Å². The normalized spacial score (nSPS) is 9.33. The Labute approximate surface area is 74.3 Å². The van der Waals surface area contributed by atoms with E-state index in [-0.39, 0.29) is 18.0 Å². The molecule has 2 heterocycles. The highest BCUT2D eigenvalue weighted by molar-refractivity contribution is 5.85. The van der Waals surface area contributed by atoms with Crippen molar-refractivity contribution < 1.29 is 0 Å². The zero-order valence-electron chi connectivity index (χ0n) is 6.04. The molecule has 2 aromatic heterocycles. The summed E-state index contributed by atoms with van der Waals surface area (Å²) in [5.74, 6) is 0.431. The van der Waals surface area contributed by atoms with Crippen molar-refractivity contribution in [3.63, 3.8) is 0 Å². The van der Waals surface area contributed by atoms with Crippen molar-refractivity contribution in [3.05, 3.63) is 41.1 Å². The second-order valence-electron chi connectivity index (χ2n) is 2.07. The van der Waals surface area contributed by atoms with Crippen LogP contribution in [0.4, 0.5) is 0 Å². The van der Waals surface area contributed by atoms with Crippen molar-refractivity contribution in [1.82, 2.24) is 14.4 Å². The zero-order valence-corrected chi connectivity index (χ0v) is 6.86. The average Bonchev–Trinajstić information content (AvgIpc) is 2.06. The number of hydrogen-bond acceptors (Lipinski definition) is 3. The summed E-state index contributed by atoms with van der Waals surface area (Å²) in [6, 6.07) is 3.09. The van der Waals surface area contributed by atoms with Crippen LogP contribution >= 0.6 is 12.4 Å². The van der Waals surface area contributed by atoms with Gasteiger partial charge in [-0.05, 0) is 6.07 Å². The lowest BCUT2D eigenvalue weighted by Gasteiger charge is -1.93. The summed E-state index contributed by atoms with van der Waals surface area (Å²) in [7, 11) is 0. The Balaban J connectivity index is 0.000000720. The highest BCUT2D eigenvalue weighted by Gasteiger charge is 1.92. The second kappa shape index (κ2) is 3.32. The molecule has 0 N–H and O–H groups in total. The van der Waals surface area contributed by atoms with Crippen LogP contribution in [0, 0.1) is 0 Å².